The third-order valence-corrected chi connectivity index (χ3v) is 5.24. The largest absolute Gasteiger partial charge is 0.490 e. The maximum atomic E-state index is 6.03. The molecule has 0 aliphatic carbocycles. The molecule has 0 amide bonds. The van der Waals surface area contributed by atoms with Gasteiger partial charge >= 0.3 is 0 Å². The Balaban J connectivity index is 1.54. The smallest absolute Gasteiger partial charge is 0.169 e. The fraction of sp³-hybridized carbons (Fsp3) is 0.172. The summed E-state index contributed by atoms with van der Waals surface area (Å²) in [5.41, 5.74) is 15.1. The molecule has 180 valence electrons. The van der Waals surface area contributed by atoms with Crippen LogP contribution in [0.3, 0.4) is 0 Å². The molecule has 0 atom stereocenters. The summed E-state index contributed by atoms with van der Waals surface area (Å²) in [6.45, 7) is 4.97. The second kappa shape index (κ2) is 11.2. The predicted octanol–water partition coefficient (Wildman–Crippen LogP) is 6.82. The lowest BCUT2D eigenvalue weighted by molar-refractivity contribution is 0.320. The van der Waals surface area contributed by atoms with Gasteiger partial charge in [-0.15, -0.1) is 0 Å². The van der Waals surface area contributed by atoms with Gasteiger partial charge in [-0.1, -0.05) is 12.1 Å². The fourth-order valence-corrected chi connectivity index (χ4v) is 3.59. The monoisotopic (exact) mass is 470 g/mol. The van der Waals surface area contributed by atoms with E-state index < -0.39 is 0 Å². The van der Waals surface area contributed by atoms with Gasteiger partial charge < -0.3 is 30.4 Å². The van der Waals surface area contributed by atoms with E-state index in [2.05, 4.69) is 0 Å². The minimum atomic E-state index is 0.535. The maximum Gasteiger partial charge on any atom is 0.169 e. The van der Waals surface area contributed by atoms with E-state index in [1.54, 1.807) is 24.3 Å². The first-order chi connectivity index (χ1) is 17.0. The molecule has 0 fully saturated rings. The summed E-state index contributed by atoms with van der Waals surface area (Å²) < 4.78 is 23.8. The van der Waals surface area contributed by atoms with Crippen molar-refractivity contribution in [2.45, 2.75) is 20.3 Å². The van der Waals surface area contributed by atoms with Gasteiger partial charge in [0.1, 0.15) is 11.5 Å². The lowest BCUT2D eigenvalue weighted by Crippen LogP contribution is -1.99. The molecule has 0 aromatic heterocycles. The van der Waals surface area contributed by atoms with E-state index in [9.17, 15) is 0 Å². The second-order valence-corrected chi connectivity index (χ2v) is 7.95. The van der Waals surface area contributed by atoms with Crippen molar-refractivity contribution in [1.82, 2.24) is 0 Å². The topological polar surface area (TPSA) is 89.0 Å². The van der Waals surface area contributed by atoms with Crippen LogP contribution in [0.1, 0.15) is 25.0 Å². The maximum absolute atomic E-state index is 6.03. The molecule has 0 radical (unpaired) electrons. The zero-order chi connectivity index (χ0) is 24.6. The number of rotatable bonds is 10. The molecular weight excluding hydrogens is 440 g/mol. The van der Waals surface area contributed by atoms with Gasteiger partial charge in [-0.3, -0.25) is 0 Å². The lowest BCUT2D eigenvalue weighted by Gasteiger charge is -2.15. The second-order valence-electron chi connectivity index (χ2n) is 7.95. The predicted molar refractivity (Wildman–Crippen MR) is 140 cm³/mol. The Hall–Kier alpha value is -4.32. The van der Waals surface area contributed by atoms with Crippen molar-refractivity contribution in [3.8, 4) is 34.5 Å². The Kier molecular flexibility index (Phi) is 7.63. The zero-order valence-corrected chi connectivity index (χ0v) is 20.0. The number of hydrogen-bond donors (Lipinski definition) is 2. The van der Waals surface area contributed by atoms with Crippen LogP contribution in [0.5, 0.6) is 34.5 Å². The molecule has 0 aliphatic heterocycles. The van der Waals surface area contributed by atoms with Crippen LogP contribution in [0.15, 0.2) is 84.9 Å². The molecule has 4 rings (SSSR count). The van der Waals surface area contributed by atoms with Crippen LogP contribution in [0.2, 0.25) is 0 Å². The third-order valence-electron chi connectivity index (χ3n) is 5.24. The van der Waals surface area contributed by atoms with Gasteiger partial charge in [-0.25, -0.2) is 0 Å². The van der Waals surface area contributed by atoms with Crippen molar-refractivity contribution in [1.29, 1.82) is 0 Å². The van der Waals surface area contributed by atoms with Crippen molar-refractivity contribution < 1.29 is 18.9 Å². The van der Waals surface area contributed by atoms with E-state index in [0.29, 0.717) is 65.5 Å². The van der Waals surface area contributed by atoms with Crippen LogP contribution in [0, 0.1) is 0 Å². The molecule has 4 aromatic rings. The molecule has 6 heteroatoms. The summed E-state index contributed by atoms with van der Waals surface area (Å²) in [5.74, 6) is 4.09. The summed E-state index contributed by atoms with van der Waals surface area (Å²) >= 11 is 0. The lowest BCUT2D eigenvalue weighted by atomic mass is 10.0. The summed E-state index contributed by atoms with van der Waals surface area (Å²) in [7, 11) is 0. The van der Waals surface area contributed by atoms with E-state index in [-0.39, 0.29) is 0 Å². The van der Waals surface area contributed by atoms with Crippen molar-refractivity contribution in [3.63, 3.8) is 0 Å². The highest BCUT2D eigenvalue weighted by atomic mass is 16.5. The minimum absolute atomic E-state index is 0.535. The molecule has 35 heavy (non-hydrogen) atoms. The molecular formula is C29H30N2O4. The van der Waals surface area contributed by atoms with Gasteiger partial charge in [0.05, 0.1) is 13.2 Å². The zero-order valence-electron chi connectivity index (χ0n) is 20.0. The highest BCUT2D eigenvalue weighted by Crippen LogP contribution is 2.36. The van der Waals surface area contributed by atoms with Crippen LogP contribution in [-0.4, -0.2) is 13.2 Å². The van der Waals surface area contributed by atoms with Crippen molar-refractivity contribution in [3.05, 3.63) is 96.1 Å². The van der Waals surface area contributed by atoms with Crippen LogP contribution in [0.4, 0.5) is 11.4 Å². The van der Waals surface area contributed by atoms with Gasteiger partial charge in [-0.2, -0.15) is 0 Å². The number of ether oxygens (including phenoxy) is 4. The molecule has 4 aromatic carbocycles. The van der Waals surface area contributed by atoms with Crippen molar-refractivity contribution >= 4 is 11.4 Å². The molecule has 0 saturated carbocycles. The number of nitrogen functional groups attached to an aromatic ring is 2. The first-order valence-electron chi connectivity index (χ1n) is 11.6. The Morgan fingerprint density at radius 2 is 0.914 bits per heavy atom. The highest BCUT2D eigenvalue weighted by molar-refractivity contribution is 5.51. The van der Waals surface area contributed by atoms with Crippen LogP contribution in [-0.2, 0) is 6.42 Å². The average Bonchev–Trinajstić information content (AvgIpc) is 2.85. The summed E-state index contributed by atoms with van der Waals surface area (Å²) in [6.07, 6.45) is 0.699. The quantitative estimate of drug-likeness (QED) is 0.247. The van der Waals surface area contributed by atoms with Gasteiger partial charge in [0.25, 0.3) is 0 Å². The molecule has 0 aliphatic rings. The minimum Gasteiger partial charge on any atom is -0.490 e. The Labute approximate surface area is 206 Å². The van der Waals surface area contributed by atoms with Crippen LogP contribution < -0.4 is 30.4 Å². The first kappa shape index (κ1) is 23.8. The molecule has 6 nitrogen and oxygen atoms in total. The summed E-state index contributed by atoms with van der Waals surface area (Å²) in [4.78, 5) is 0. The molecule has 0 spiro atoms. The van der Waals surface area contributed by atoms with Crippen LogP contribution >= 0.6 is 0 Å². The van der Waals surface area contributed by atoms with Gasteiger partial charge in [0, 0.05) is 11.4 Å². The molecule has 0 unspecified atom stereocenters. The number of hydrogen-bond acceptors (Lipinski definition) is 6. The van der Waals surface area contributed by atoms with Gasteiger partial charge in [0.15, 0.2) is 23.0 Å². The van der Waals surface area contributed by atoms with Crippen LogP contribution in [0.25, 0.3) is 0 Å². The van der Waals surface area contributed by atoms with Gasteiger partial charge in [-0.05, 0) is 104 Å². The average molecular weight is 471 g/mol. The van der Waals surface area contributed by atoms with Crippen molar-refractivity contribution in [2.24, 2.45) is 0 Å². The summed E-state index contributed by atoms with van der Waals surface area (Å²) in [6, 6.07) is 26.5. The highest BCUT2D eigenvalue weighted by Gasteiger charge is 2.12. The molecule has 0 heterocycles. The molecule has 0 bridgehead atoms. The molecule has 0 saturated heterocycles. The van der Waals surface area contributed by atoms with Gasteiger partial charge in [0.2, 0.25) is 0 Å². The number of nitrogens with two attached hydrogens (primary N) is 2. The number of benzene rings is 4. The first-order valence-corrected chi connectivity index (χ1v) is 11.6. The Morgan fingerprint density at radius 1 is 0.514 bits per heavy atom. The Bertz CT molecular complexity index is 1160. The third kappa shape index (κ3) is 6.38. The van der Waals surface area contributed by atoms with E-state index in [1.165, 1.54) is 0 Å². The standard InChI is InChI=1S/C29H30N2O4/c1-3-32-28-18-20(5-15-26(28)34-24-11-7-22(30)8-12-24)17-21-6-16-27(29(19-21)33-4-2)35-25-13-9-23(31)10-14-25/h5-16,18-19H,3-4,17,30-31H2,1-2H3. The van der Waals surface area contributed by atoms with E-state index >= 15 is 0 Å². The SMILES string of the molecule is CCOc1cc(Cc2ccc(Oc3ccc(N)cc3)c(OCC)c2)ccc1Oc1ccc(N)cc1. The molecule has 4 N–H and O–H groups in total. The van der Waals surface area contributed by atoms with E-state index in [1.807, 2.05) is 74.5 Å². The Morgan fingerprint density at radius 3 is 1.29 bits per heavy atom. The fourth-order valence-electron chi connectivity index (χ4n) is 3.59. The van der Waals surface area contributed by atoms with E-state index in [0.717, 1.165) is 11.1 Å². The van der Waals surface area contributed by atoms with Crippen molar-refractivity contribution in [2.75, 3.05) is 24.7 Å². The normalized spacial score (nSPS) is 10.6. The summed E-state index contributed by atoms with van der Waals surface area (Å²) in [5, 5.41) is 0. The number of anilines is 2. The van der Waals surface area contributed by atoms with E-state index in [4.69, 9.17) is 30.4 Å².